The Morgan fingerprint density at radius 2 is 2.06 bits per heavy atom. The number of carbonyl (C=O) groups is 1. The molecule has 4 heteroatoms. The van der Waals surface area contributed by atoms with E-state index in [0.717, 1.165) is 22.1 Å². The molecular formula is C12H9NO2S. The first-order valence-corrected chi connectivity index (χ1v) is 5.53. The van der Waals surface area contributed by atoms with E-state index in [1.165, 1.54) is 11.3 Å². The fourth-order valence-corrected chi connectivity index (χ4v) is 2.10. The van der Waals surface area contributed by atoms with Gasteiger partial charge in [0.25, 0.3) is 0 Å². The second-order valence-electron chi connectivity index (χ2n) is 3.15. The van der Waals surface area contributed by atoms with Crippen LogP contribution in [0.3, 0.4) is 0 Å². The van der Waals surface area contributed by atoms with Crippen molar-refractivity contribution in [1.82, 2.24) is 4.98 Å². The van der Waals surface area contributed by atoms with E-state index in [1.54, 1.807) is 18.5 Å². The number of pyridine rings is 1. The summed E-state index contributed by atoms with van der Waals surface area (Å²) in [6, 6.07) is 5.80. The van der Waals surface area contributed by atoms with E-state index in [9.17, 15) is 4.79 Å². The number of hydrogen-bond acceptors (Lipinski definition) is 3. The van der Waals surface area contributed by atoms with Gasteiger partial charge >= 0.3 is 5.97 Å². The summed E-state index contributed by atoms with van der Waals surface area (Å²) < 4.78 is 0. The molecule has 0 aliphatic heterocycles. The predicted molar refractivity (Wildman–Crippen MR) is 64.2 cm³/mol. The Hall–Kier alpha value is -1.94. The van der Waals surface area contributed by atoms with Crippen LogP contribution in [-0.2, 0) is 4.79 Å². The normalized spacial score (nSPS) is 10.8. The lowest BCUT2D eigenvalue weighted by Crippen LogP contribution is -1.84. The summed E-state index contributed by atoms with van der Waals surface area (Å²) in [4.78, 5) is 15.2. The molecule has 0 aliphatic carbocycles. The van der Waals surface area contributed by atoms with E-state index < -0.39 is 5.97 Å². The molecule has 1 N–H and O–H groups in total. The summed E-state index contributed by atoms with van der Waals surface area (Å²) in [7, 11) is 0. The number of carboxylic acids is 1. The van der Waals surface area contributed by atoms with Gasteiger partial charge in [-0.1, -0.05) is 0 Å². The molecular weight excluding hydrogens is 222 g/mol. The van der Waals surface area contributed by atoms with Crippen LogP contribution in [0.1, 0.15) is 4.88 Å². The molecule has 0 radical (unpaired) electrons. The summed E-state index contributed by atoms with van der Waals surface area (Å²) >= 11 is 1.52. The molecule has 0 spiro atoms. The fourth-order valence-electron chi connectivity index (χ4n) is 1.29. The molecule has 0 aliphatic rings. The van der Waals surface area contributed by atoms with E-state index in [4.69, 9.17) is 5.11 Å². The van der Waals surface area contributed by atoms with Crippen LogP contribution in [0.15, 0.2) is 42.0 Å². The second-order valence-corrected chi connectivity index (χ2v) is 4.09. The van der Waals surface area contributed by atoms with Crippen molar-refractivity contribution in [3.8, 4) is 11.1 Å². The Kier molecular flexibility index (Phi) is 3.12. The molecule has 0 unspecified atom stereocenters. The SMILES string of the molecule is O=C(O)/C=C/c1cc(-c2ccncc2)cs1. The fraction of sp³-hybridized carbons (Fsp3) is 0. The molecule has 16 heavy (non-hydrogen) atoms. The summed E-state index contributed by atoms with van der Waals surface area (Å²) in [6.45, 7) is 0. The molecule has 0 saturated carbocycles. The van der Waals surface area contributed by atoms with E-state index in [-0.39, 0.29) is 0 Å². The van der Waals surface area contributed by atoms with Crippen molar-refractivity contribution >= 4 is 23.4 Å². The van der Waals surface area contributed by atoms with Crippen molar-refractivity contribution in [2.45, 2.75) is 0 Å². The van der Waals surface area contributed by atoms with Gasteiger partial charge in [0.15, 0.2) is 0 Å². The van der Waals surface area contributed by atoms with Gasteiger partial charge in [0, 0.05) is 23.3 Å². The van der Waals surface area contributed by atoms with Gasteiger partial charge < -0.3 is 5.11 Å². The maximum Gasteiger partial charge on any atom is 0.328 e. The zero-order chi connectivity index (χ0) is 11.4. The van der Waals surface area contributed by atoms with Gasteiger partial charge in [0.1, 0.15) is 0 Å². The lowest BCUT2D eigenvalue weighted by molar-refractivity contribution is -0.131. The van der Waals surface area contributed by atoms with Crippen molar-refractivity contribution in [3.05, 3.63) is 46.9 Å². The Labute approximate surface area is 96.7 Å². The van der Waals surface area contributed by atoms with Crippen LogP contribution in [0.5, 0.6) is 0 Å². The van der Waals surface area contributed by atoms with Crippen LogP contribution < -0.4 is 0 Å². The topological polar surface area (TPSA) is 50.2 Å². The molecule has 0 amide bonds. The van der Waals surface area contributed by atoms with Crippen molar-refractivity contribution in [2.75, 3.05) is 0 Å². The lowest BCUT2D eigenvalue weighted by Gasteiger charge is -1.93. The number of hydrogen-bond donors (Lipinski definition) is 1. The van der Waals surface area contributed by atoms with E-state index in [1.807, 2.05) is 23.6 Å². The Balaban J connectivity index is 2.23. The maximum absolute atomic E-state index is 10.4. The van der Waals surface area contributed by atoms with Gasteiger partial charge in [0.2, 0.25) is 0 Å². The number of carboxylic acid groups (broad SMARTS) is 1. The summed E-state index contributed by atoms with van der Waals surface area (Å²) in [5, 5.41) is 10.5. The first-order valence-electron chi connectivity index (χ1n) is 4.65. The molecule has 2 aromatic rings. The van der Waals surface area contributed by atoms with Crippen LogP contribution in [0, 0.1) is 0 Å². The minimum Gasteiger partial charge on any atom is -0.478 e. The number of nitrogens with zero attached hydrogens (tertiary/aromatic N) is 1. The van der Waals surface area contributed by atoms with Crippen molar-refractivity contribution < 1.29 is 9.90 Å². The van der Waals surface area contributed by atoms with E-state index in [0.29, 0.717) is 0 Å². The molecule has 3 nitrogen and oxygen atoms in total. The van der Waals surface area contributed by atoms with Gasteiger partial charge in [-0.05, 0) is 40.8 Å². The quantitative estimate of drug-likeness (QED) is 0.826. The third-order valence-electron chi connectivity index (χ3n) is 2.02. The molecule has 2 heterocycles. The molecule has 2 aromatic heterocycles. The minimum absolute atomic E-state index is 0.925. The highest BCUT2D eigenvalue weighted by Crippen LogP contribution is 2.25. The van der Waals surface area contributed by atoms with Gasteiger partial charge in [0.05, 0.1) is 0 Å². The summed E-state index contributed by atoms with van der Waals surface area (Å²) in [5.41, 5.74) is 2.17. The number of rotatable bonds is 3. The van der Waals surface area contributed by atoms with Crippen molar-refractivity contribution in [3.63, 3.8) is 0 Å². The molecule has 0 saturated heterocycles. The minimum atomic E-state index is -0.932. The van der Waals surface area contributed by atoms with E-state index in [2.05, 4.69) is 4.98 Å². The first-order chi connectivity index (χ1) is 7.75. The molecule has 0 fully saturated rings. The standard InChI is InChI=1S/C12H9NO2S/c14-12(15)2-1-11-7-10(8-16-11)9-3-5-13-6-4-9/h1-8H,(H,14,15)/b2-1+. The average Bonchev–Trinajstić information content (AvgIpc) is 2.76. The van der Waals surface area contributed by atoms with Gasteiger partial charge in [-0.25, -0.2) is 4.79 Å². The second kappa shape index (κ2) is 4.72. The van der Waals surface area contributed by atoms with E-state index >= 15 is 0 Å². The van der Waals surface area contributed by atoms with Crippen LogP contribution in [0.4, 0.5) is 0 Å². The van der Waals surface area contributed by atoms with Crippen LogP contribution >= 0.6 is 11.3 Å². The average molecular weight is 231 g/mol. The highest BCUT2D eigenvalue weighted by Gasteiger charge is 2.00. The predicted octanol–water partition coefficient (Wildman–Crippen LogP) is 2.91. The van der Waals surface area contributed by atoms with Crippen LogP contribution in [0.2, 0.25) is 0 Å². The highest BCUT2D eigenvalue weighted by molar-refractivity contribution is 7.11. The summed E-state index contributed by atoms with van der Waals surface area (Å²) in [6.07, 6.45) is 6.21. The zero-order valence-electron chi connectivity index (χ0n) is 8.33. The summed E-state index contributed by atoms with van der Waals surface area (Å²) in [5.74, 6) is -0.932. The van der Waals surface area contributed by atoms with Crippen molar-refractivity contribution in [1.29, 1.82) is 0 Å². The molecule has 0 bridgehead atoms. The lowest BCUT2D eigenvalue weighted by atomic mass is 10.1. The van der Waals surface area contributed by atoms with Gasteiger partial charge in [-0.2, -0.15) is 0 Å². The number of aromatic nitrogens is 1. The number of aliphatic carboxylic acids is 1. The monoisotopic (exact) mass is 231 g/mol. The Morgan fingerprint density at radius 3 is 2.75 bits per heavy atom. The third kappa shape index (κ3) is 2.55. The van der Waals surface area contributed by atoms with Gasteiger partial charge in [-0.3, -0.25) is 4.98 Å². The Morgan fingerprint density at radius 1 is 1.31 bits per heavy atom. The third-order valence-corrected chi connectivity index (χ3v) is 2.92. The van der Waals surface area contributed by atoms with Crippen molar-refractivity contribution in [2.24, 2.45) is 0 Å². The van der Waals surface area contributed by atoms with Crippen LogP contribution in [-0.4, -0.2) is 16.1 Å². The molecule has 0 aromatic carbocycles. The first kappa shape index (κ1) is 10.6. The Bertz CT molecular complexity index is 517. The molecule has 0 atom stereocenters. The zero-order valence-corrected chi connectivity index (χ0v) is 9.15. The highest BCUT2D eigenvalue weighted by atomic mass is 32.1. The molecule has 2 rings (SSSR count). The smallest absolute Gasteiger partial charge is 0.328 e. The number of thiophene rings is 1. The molecule has 80 valence electrons. The largest absolute Gasteiger partial charge is 0.478 e. The van der Waals surface area contributed by atoms with Crippen LogP contribution in [0.25, 0.3) is 17.2 Å². The van der Waals surface area contributed by atoms with Gasteiger partial charge in [-0.15, -0.1) is 11.3 Å². The maximum atomic E-state index is 10.4.